The third-order valence-electron chi connectivity index (χ3n) is 3.12. The standard InChI is InChI=1S/C14H18ClNO3S/c15-12-1-3-13(4-2-12)20-10-14(18)16-5-6-19-9-11(7-16)8-17/h1-4,11,17H,5-10H2/t11-/m0/s1. The summed E-state index contributed by atoms with van der Waals surface area (Å²) in [5.41, 5.74) is 0. The molecule has 4 nitrogen and oxygen atoms in total. The number of aliphatic hydroxyl groups is 1. The Morgan fingerprint density at radius 2 is 2.20 bits per heavy atom. The minimum atomic E-state index is 0.0157. The highest BCUT2D eigenvalue weighted by Crippen LogP contribution is 2.21. The van der Waals surface area contributed by atoms with E-state index in [0.717, 1.165) is 4.90 Å². The average Bonchev–Trinajstić information content (AvgIpc) is 2.72. The van der Waals surface area contributed by atoms with E-state index < -0.39 is 0 Å². The minimum Gasteiger partial charge on any atom is -0.396 e. The Morgan fingerprint density at radius 1 is 1.45 bits per heavy atom. The number of halogens is 1. The van der Waals surface area contributed by atoms with Crippen molar-refractivity contribution in [1.82, 2.24) is 4.90 Å². The van der Waals surface area contributed by atoms with Crippen LogP contribution in [0.4, 0.5) is 0 Å². The van der Waals surface area contributed by atoms with Crippen molar-refractivity contribution in [3.63, 3.8) is 0 Å². The summed E-state index contributed by atoms with van der Waals surface area (Å²) in [7, 11) is 0. The van der Waals surface area contributed by atoms with Crippen molar-refractivity contribution in [1.29, 1.82) is 0 Å². The van der Waals surface area contributed by atoms with Crippen LogP contribution in [0.3, 0.4) is 0 Å². The molecule has 1 saturated heterocycles. The van der Waals surface area contributed by atoms with Crippen molar-refractivity contribution in [3.8, 4) is 0 Å². The van der Waals surface area contributed by atoms with Crippen molar-refractivity contribution < 1.29 is 14.6 Å². The van der Waals surface area contributed by atoms with Crippen LogP contribution in [-0.4, -0.2) is 54.6 Å². The molecule has 0 aliphatic carbocycles. The van der Waals surface area contributed by atoms with Crippen LogP contribution in [0.1, 0.15) is 0 Å². The molecule has 1 heterocycles. The first-order valence-corrected chi connectivity index (χ1v) is 7.90. The van der Waals surface area contributed by atoms with Gasteiger partial charge in [-0.05, 0) is 24.3 Å². The van der Waals surface area contributed by atoms with Crippen LogP contribution in [-0.2, 0) is 9.53 Å². The van der Waals surface area contributed by atoms with Crippen LogP contribution in [0.5, 0.6) is 0 Å². The Labute approximate surface area is 128 Å². The average molecular weight is 316 g/mol. The number of carbonyl (C=O) groups excluding carboxylic acids is 1. The number of hydrogen-bond acceptors (Lipinski definition) is 4. The fourth-order valence-electron chi connectivity index (χ4n) is 1.98. The van der Waals surface area contributed by atoms with Gasteiger partial charge in [-0.2, -0.15) is 0 Å². The third-order valence-corrected chi connectivity index (χ3v) is 4.37. The number of hydrogen-bond donors (Lipinski definition) is 1. The van der Waals surface area contributed by atoms with Crippen LogP contribution in [0.2, 0.25) is 5.02 Å². The molecule has 1 amide bonds. The van der Waals surface area contributed by atoms with Crippen LogP contribution >= 0.6 is 23.4 Å². The predicted octanol–water partition coefficient (Wildman–Crippen LogP) is 1.90. The molecule has 6 heteroatoms. The predicted molar refractivity (Wildman–Crippen MR) is 80.2 cm³/mol. The molecule has 20 heavy (non-hydrogen) atoms. The fraction of sp³-hybridized carbons (Fsp3) is 0.500. The number of amides is 1. The summed E-state index contributed by atoms with van der Waals surface area (Å²) in [6.45, 7) is 2.26. The van der Waals surface area contributed by atoms with E-state index in [1.54, 1.807) is 4.90 Å². The Hall–Kier alpha value is -0.750. The largest absolute Gasteiger partial charge is 0.396 e. The quantitative estimate of drug-likeness (QED) is 0.862. The van der Waals surface area contributed by atoms with Crippen LogP contribution < -0.4 is 0 Å². The zero-order valence-corrected chi connectivity index (χ0v) is 12.7. The minimum absolute atomic E-state index is 0.0157. The van der Waals surface area contributed by atoms with Gasteiger partial charge in [0.15, 0.2) is 0 Å². The molecule has 110 valence electrons. The lowest BCUT2D eigenvalue weighted by Crippen LogP contribution is -2.37. The number of aliphatic hydroxyl groups excluding tert-OH is 1. The Bertz CT molecular complexity index is 441. The number of nitrogens with zero attached hydrogens (tertiary/aromatic N) is 1. The van der Waals surface area contributed by atoms with Gasteiger partial charge in [0.2, 0.25) is 5.91 Å². The van der Waals surface area contributed by atoms with Gasteiger partial charge >= 0.3 is 0 Å². The first-order chi connectivity index (χ1) is 9.69. The van der Waals surface area contributed by atoms with Crippen molar-refractivity contribution in [2.45, 2.75) is 4.90 Å². The molecule has 0 bridgehead atoms. The molecule has 1 aromatic rings. The zero-order valence-electron chi connectivity index (χ0n) is 11.1. The normalized spacial score (nSPS) is 19.7. The fourth-order valence-corrected chi connectivity index (χ4v) is 2.91. The molecule has 0 aromatic heterocycles. The number of carbonyl (C=O) groups is 1. The van der Waals surface area contributed by atoms with E-state index in [0.29, 0.717) is 37.1 Å². The van der Waals surface area contributed by atoms with E-state index in [2.05, 4.69) is 0 Å². The van der Waals surface area contributed by atoms with Crippen molar-refractivity contribution >= 4 is 29.3 Å². The highest BCUT2D eigenvalue weighted by Gasteiger charge is 2.21. The van der Waals surface area contributed by atoms with Gasteiger partial charge in [-0.3, -0.25) is 4.79 Å². The molecule has 1 aliphatic heterocycles. The monoisotopic (exact) mass is 315 g/mol. The molecule has 0 radical (unpaired) electrons. The van der Waals surface area contributed by atoms with Gasteiger partial charge in [-0.25, -0.2) is 0 Å². The van der Waals surface area contributed by atoms with E-state index in [1.807, 2.05) is 24.3 Å². The summed E-state index contributed by atoms with van der Waals surface area (Å²) < 4.78 is 5.38. The van der Waals surface area contributed by atoms with Gasteiger partial charge in [0, 0.05) is 35.5 Å². The van der Waals surface area contributed by atoms with Crippen molar-refractivity contribution in [2.75, 3.05) is 38.7 Å². The Balaban J connectivity index is 1.85. The molecular weight excluding hydrogens is 298 g/mol. The second kappa shape index (κ2) is 7.88. The summed E-state index contributed by atoms with van der Waals surface area (Å²) in [5.74, 6) is 0.482. The maximum atomic E-state index is 12.2. The molecule has 1 aromatic carbocycles. The molecule has 0 spiro atoms. The maximum absolute atomic E-state index is 12.2. The number of ether oxygens (including phenoxy) is 1. The second-order valence-corrected chi connectivity index (χ2v) is 6.19. The van der Waals surface area contributed by atoms with Gasteiger partial charge in [-0.1, -0.05) is 11.6 Å². The molecule has 2 rings (SSSR count). The topological polar surface area (TPSA) is 49.8 Å². The van der Waals surface area contributed by atoms with Crippen molar-refractivity contribution in [3.05, 3.63) is 29.3 Å². The van der Waals surface area contributed by atoms with Gasteiger partial charge in [-0.15, -0.1) is 11.8 Å². The lowest BCUT2D eigenvalue weighted by molar-refractivity contribution is -0.128. The lowest BCUT2D eigenvalue weighted by atomic mass is 10.1. The van der Waals surface area contributed by atoms with Gasteiger partial charge in [0.25, 0.3) is 0 Å². The van der Waals surface area contributed by atoms with Crippen LogP contribution in [0.25, 0.3) is 0 Å². The van der Waals surface area contributed by atoms with Gasteiger partial charge in [0.1, 0.15) is 0 Å². The summed E-state index contributed by atoms with van der Waals surface area (Å²) in [4.78, 5) is 15.0. The Morgan fingerprint density at radius 3 is 2.90 bits per heavy atom. The molecule has 1 N–H and O–H groups in total. The summed E-state index contributed by atoms with van der Waals surface area (Å²) in [6.07, 6.45) is 0. The number of thioether (sulfide) groups is 1. The first-order valence-electron chi connectivity index (χ1n) is 6.54. The first kappa shape index (κ1) is 15.6. The highest BCUT2D eigenvalue weighted by molar-refractivity contribution is 8.00. The maximum Gasteiger partial charge on any atom is 0.233 e. The SMILES string of the molecule is O=C(CSc1ccc(Cl)cc1)N1CCOC[C@H](CO)C1. The molecule has 1 fully saturated rings. The summed E-state index contributed by atoms with van der Waals surface area (Å²) in [6, 6.07) is 7.44. The van der Waals surface area contributed by atoms with E-state index in [1.165, 1.54) is 11.8 Å². The number of rotatable bonds is 4. The smallest absolute Gasteiger partial charge is 0.233 e. The second-order valence-electron chi connectivity index (χ2n) is 4.71. The molecule has 1 aliphatic rings. The Kier molecular flexibility index (Phi) is 6.16. The third kappa shape index (κ3) is 4.66. The van der Waals surface area contributed by atoms with E-state index >= 15 is 0 Å². The van der Waals surface area contributed by atoms with E-state index in [4.69, 9.17) is 16.3 Å². The molecule has 0 saturated carbocycles. The van der Waals surface area contributed by atoms with Gasteiger partial charge in [0.05, 0.1) is 19.0 Å². The zero-order chi connectivity index (χ0) is 14.4. The lowest BCUT2D eigenvalue weighted by Gasteiger charge is -2.22. The van der Waals surface area contributed by atoms with Gasteiger partial charge < -0.3 is 14.7 Å². The summed E-state index contributed by atoms with van der Waals surface area (Å²) in [5, 5.41) is 9.90. The highest BCUT2D eigenvalue weighted by atomic mass is 35.5. The molecular formula is C14H18ClNO3S. The molecule has 0 unspecified atom stereocenters. The van der Waals surface area contributed by atoms with Crippen molar-refractivity contribution in [2.24, 2.45) is 5.92 Å². The van der Waals surface area contributed by atoms with E-state index in [-0.39, 0.29) is 18.4 Å². The van der Waals surface area contributed by atoms with Crippen LogP contribution in [0.15, 0.2) is 29.2 Å². The molecule has 1 atom stereocenters. The van der Waals surface area contributed by atoms with E-state index in [9.17, 15) is 9.90 Å². The summed E-state index contributed by atoms with van der Waals surface area (Å²) >= 11 is 7.32. The van der Waals surface area contributed by atoms with Crippen LogP contribution in [0, 0.1) is 5.92 Å². The number of benzene rings is 1.